The van der Waals surface area contributed by atoms with Gasteiger partial charge in [-0.05, 0) is 23.6 Å². The third kappa shape index (κ3) is 3.85. The van der Waals surface area contributed by atoms with Gasteiger partial charge < -0.3 is 10.2 Å². The van der Waals surface area contributed by atoms with E-state index in [4.69, 9.17) is 4.55 Å². The van der Waals surface area contributed by atoms with E-state index < -0.39 is 53.4 Å². The van der Waals surface area contributed by atoms with Crippen LogP contribution in [0.5, 0.6) is 11.5 Å². The molecule has 3 aromatic carbocycles. The van der Waals surface area contributed by atoms with Crippen molar-refractivity contribution >= 4 is 43.6 Å². The molecular weight excluding hydrogens is 424 g/mol. The predicted octanol–water partition coefficient (Wildman–Crippen LogP) is 3.73. The van der Waals surface area contributed by atoms with Crippen molar-refractivity contribution in [3.8, 4) is 11.5 Å². The number of nitro groups is 2. The molecule has 3 N–H and O–H groups in total. The van der Waals surface area contributed by atoms with Gasteiger partial charge in [-0.1, -0.05) is 12.1 Å². The minimum absolute atomic E-state index is 0.186. The van der Waals surface area contributed by atoms with Gasteiger partial charge in [-0.3, -0.25) is 24.8 Å². The topological polar surface area (TPSA) is 206 Å². The monoisotopic (exact) mass is 434 g/mol. The minimum atomic E-state index is -4.48. The molecule has 0 amide bonds. The van der Waals surface area contributed by atoms with Gasteiger partial charge in [0.15, 0.2) is 0 Å². The molecule has 0 aliphatic carbocycles. The molecule has 0 bridgehead atoms. The van der Waals surface area contributed by atoms with Crippen LogP contribution in [0.4, 0.5) is 22.7 Å². The van der Waals surface area contributed by atoms with Gasteiger partial charge in [0.05, 0.1) is 20.8 Å². The fourth-order valence-electron chi connectivity index (χ4n) is 2.56. The van der Waals surface area contributed by atoms with Gasteiger partial charge in [0.2, 0.25) is 5.75 Å². The molecule has 0 saturated heterocycles. The van der Waals surface area contributed by atoms with E-state index in [9.17, 15) is 38.9 Å². The summed E-state index contributed by atoms with van der Waals surface area (Å²) in [4.78, 5) is 19.6. The largest absolute Gasteiger partial charge is 0.506 e. The number of benzene rings is 3. The summed E-state index contributed by atoms with van der Waals surface area (Å²) in [5, 5.41) is 49.8. The summed E-state index contributed by atoms with van der Waals surface area (Å²) in [6.45, 7) is 0. The number of nitrogens with zero attached hydrogens (tertiary/aromatic N) is 4. The minimum Gasteiger partial charge on any atom is -0.506 e. The van der Waals surface area contributed by atoms with E-state index in [0.29, 0.717) is 6.07 Å². The number of phenols is 2. The summed E-state index contributed by atoms with van der Waals surface area (Å²) in [5.74, 6) is -1.38. The Bertz CT molecular complexity index is 1350. The Kier molecular flexibility index (Phi) is 5.03. The van der Waals surface area contributed by atoms with Gasteiger partial charge in [0.25, 0.3) is 15.8 Å². The van der Waals surface area contributed by atoms with Gasteiger partial charge in [-0.25, -0.2) is 0 Å². The van der Waals surface area contributed by atoms with Crippen molar-refractivity contribution in [2.45, 2.75) is 4.90 Å². The average molecular weight is 434 g/mol. The molecule has 14 heteroatoms. The van der Waals surface area contributed by atoms with E-state index in [1.165, 1.54) is 12.1 Å². The quantitative estimate of drug-likeness (QED) is 0.231. The zero-order chi connectivity index (χ0) is 22.2. The van der Waals surface area contributed by atoms with E-state index >= 15 is 0 Å². The lowest BCUT2D eigenvalue weighted by atomic mass is 10.1. The number of nitro benzene ring substituents is 2. The average Bonchev–Trinajstić information content (AvgIpc) is 2.66. The first-order valence-corrected chi connectivity index (χ1v) is 9.24. The van der Waals surface area contributed by atoms with Crippen LogP contribution in [0.15, 0.2) is 57.6 Å². The summed E-state index contributed by atoms with van der Waals surface area (Å²) in [6.07, 6.45) is 0. The predicted molar refractivity (Wildman–Crippen MR) is 101 cm³/mol. The maximum atomic E-state index is 11.3. The Morgan fingerprint density at radius 2 is 1.60 bits per heavy atom. The van der Waals surface area contributed by atoms with Crippen LogP contribution in [0.25, 0.3) is 10.8 Å². The van der Waals surface area contributed by atoms with Gasteiger partial charge in [-0.15, -0.1) is 10.2 Å². The van der Waals surface area contributed by atoms with Crippen LogP contribution in [0.2, 0.25) is 0 Å². The van der Waals surface area contributed by atoms with E-state index in [1.54, 1.807) is 0 Å². The van der Waals surface area contributed by atoms with Crippen LogP contribution in [-0.2, 0) is 10.1 Å². The third-order valence-corrected chi connectivity index (χ3v) is 4.81. The van der Waals surface area contributed by atoms with Crippen molar-refractivity contribution in [2.75, 3.05) is 0 Å². The molecule has 0 aromatic heterocycles. The van der Waals surface area contributed by atoms with Crippen LogP contribution in [-0.4, -0.2) is 33.0 Å². The second-order valence-electron chi connectivity index (χ2n) is 5.84. The summed E-state index contributed by atoms with van der Waals surface area (Å²) in [6, 6.07) is 7.19. The van der Waals surface area contributed by atoms with Gasteiger partial charge in [0, 0.05) is 11.5 Å². The number of hydrogen-bond acceptors (Lipinski definition) is 10. The lowest BCUT2D eigenvalue weighted by molar-refractivity contribution is -0.394. The lowest BCUT2D eigenvalue weighted by Gasteiger charge is -2.06. The maximum Gasteiger partial charge on any atom is 0.319 e. The first-order chi connectivity index (χ1) is 14.0. The van der Waals surface area contributed by atoms with Gasteiger partial charge >= 0.3 is 5.69 Å². The van der Waals surface area contributed by atoms with Crippen molar-refractivity contribution in [2.24, 2.45) is 10.2 Å². The molecule has 0 aliphatic heterocycles. The van der Waals surface area contributed by atoms with E-state index in [-0.39, 0.29) is 16.5 Å². The third-order valence-electron chi connectivity index (χ3n) is 3.96. The Morgan fingerprint density at radius 1 is 0.900 bits per heavy atom. The van der Waals surface area contributed by atoms with E-state index in [1.807, 2.05) is 0 Å². The van der Waals surface area contributed by atoms with Crippen molar-refractivity contribution in [3.05, 3.63) is 62.7 Å². The summed E-state index contributed by atoms with van der Waals surface area (Å²) < 4.78 is 31.7. The van der Waals surface area contributed by atoms with E-state index in [0.717, 1.165) is 24.3 Å². The molecule has 154 valence electrons. The lowest BCUT2D eigenvalue weighted by Crippen LogP contribution is -1.97. The highest BCUT2D eigenvalue weighted by molar-refractivity contribution is 7.85. The summed E-state index contributed by atoms with van der Waals surface area (Å²) in [7, 11) is -4.48. The van der Waals surface area contributed by atoms with Crippen LogP contribution in [0.1, 0.15) is 0 Å². The SMILES string of the molecule is O=[N+]([O-])c1cc(/N=N/c2c(O)ccc3cc(S(=O)(=O)O)ccc23)c(O)c([N+](=O)[O-])c1. The first-order valence-electron chi connectivity index (χ1n) is 7.80. The number of aromatic hydroxyl groups is 2. The number of hydrogen-bond donors (Lipinski definition) is 3. The highest BCUT2D eigenvalue weighted by atomic mass is 32.2. The molecule has 0 aliphatic rings. The molecular formula is C16H10N4O9S. The maximum absolute atomic E-state index is 11.3. The molecule has 0 spiro atoms. The fourth-order valence-corrected chi connectivity index (χ4v) is 3.08. The number of rotatable bonds is 5. The van der Waals surface area contributed by atoms with Gasteiger partial charge in [0.1, 0.15) is 17.1 Å². The molecule has 0 fully saturated rings. The summed E-state index contributed by atoms with van der Waals surface area (Å²) >= 11 is 0. The van der Waals surface area contributed by atoms with Crippen molar-refractivity contribution in [3.63, 3.8) is 0 Å². The standard InChI is InChI=1S/C16H10N4O9S/c21-14-4-1-8-5-10(30(27,28)29)2-3-11(8)15(14)18-17-12-6-9(19(23)24)7-13(16(12)22)20(25)26/h1-7,21-22H,(H,27,28,29)/b18-17+. The Balaban J connectivity index is 2.18. The second kappa shape index (κ2) is 7.34. The zero-order valence-corrected chi connectivity index (χ0v) is 15.3. The zero-order valence-electron chi connectivity index (χ0n) is 14.5. The Hall–Kier alpha value is -4.17. The smallest absolute Gasteiger partial charge is 0.319 e. The normalized spacial score (nSPS) is 11.8. The summed E-state index contributed by atoms with van der Waals surface area (Å²) in [5.41, 5.74) is -2.48. The molecule has 3 aromatic rings. The highest BCUT2D eigenvalue weighted by Gasteiger charge is 2.24. The second-order valence-corrected chi connectivity index (χ2v) is 7.26. The fraction of sp³-hybridized carbons (Fsp3) is 0. The van der Waals surface area contributed by atoms with Crippen LogP contribution in [0.3, 0.4) is 0 Å². The Morgan fingerprint density at radius 3 is 2.20 bits per heavy atom. The number of phenolic OH excluding ortho intramolecular Hbond substituents is 2. The molecule has 0 atom stereocenters. The molecule has 3 rings (SSSR count). The van der Waals surface area contributed by atoms with Crippen LogP contribution < -0.4 is 0 Å². The van der Waals surface area contributed by atoms with Crippen molar-refractivity contribution < 1.29 is 33.0 Å². The first kappa shape index (κ1) is 20.6. The number of non-ortho nitro benzene ring substituents is 1. The number of fused-ring (bicyclic) bond motifs is 1. The molecule has 13 nitrogen and oxygen atoms in total. The molecule has 0 heterocycles. The molecule has 30 heavy (non-hydrogen) atoms. The van der Waals surface area contributed by atoms with Crippen LogP contribution in [0, 0.1) is 20.2 Å². The van der Waals surface area contributed by atoms with Crippen LogP contribution >= 0.6 is 0 Å². The van der Waals surface area contributed by atoms with Crippen molar-refractivity contribution in [1.29, 1.82) is 0 Å². The van der Waals surface area contributed by atoms with E-state index in [2.05, 4.69) is 10.2 Å². The highest BCUT2D eigenvalue weighted by Crippen LogP contribution is 2.42. The molecule has 0 saturated carbocycles. The number of azo groups is 1. The van der Waals surface area contributed by atoms with Gasteiger partial charge in [-0.2, -0.15) is 8.42 Å². The van der Waals surface area contributed by atoms with Crippen molar-refractivity contribution in [1.82, 2.24) is 0 Å². The Labute approximate surface area is 166 Å². The molecule has 0 unspecified atom stereocenters. The molecule has 0 radical (unpaired) electrons.